The van der Waals surface area contributed by atoms with Crippen LogP contribution in [0.5, 0.6) is 0 Å². The molecule has 0 atom stereocenters. The highest BCUT2D eigenvalue weighted by atomic mass is 79.9. The topological polar surface area (TPSA) is 26.3 Å². The molecule has 0 spiro atoms. The Morgan fingerprint density at radius 2 is 1.35 bits per heavy atom. The summed E-state index contributed by atoms with van der Waals surface area (Å²) in [6.45, 7) is 2.76. The van der Waals surface area contributed by atoms with Gasteiger partial charge >= 0.3 is 5.97 Å². The van der Waals surface area contributed by atoms with E-state index in [9.17, 15) is 4.79 Å². The first-order valence-corrected chi connectivity index (χ1v) is 10.8. The van der Waals surface area contributed by atoms with Crippen LogP contribution in [0.15, 0.2) is 12.2 Å². The third-order valence-corrected chi connectivity index (χ3v) is 4.31. The first-order valence-electron chi connectivity index (χ1n) is 9.67. The van der Waals surface area contributed by atoms with Crippen molar-refractivity contribution in [1.29, 1.82) is 0 Å². The van der Waals surface area contributed by atoms with Gasteiger partial charge < -0.3 is 4.74 Å². The Morgan fingerprint density at radius 3 is 1.91 bits per heavy atom. The lowest BCUT2D eigenvalue weighted by atomic mass is 10.1. The zero-order valence-corrected chi connectivity index (χ0v) is 16.7. The van der Waals surface area contributed by atoms with Crippen molar-refractivity contribution >= 4 is 21.9 Å². The van der Waals surface area contributed by atoms with Crippen molar-refractivity contribution in [1.82, 2.24) is 0 Å². The highest BCUT2D eigenvalue weighted by Crippen LogP contribution is 2.10. The molecule has 0 saturated heterocycles. The lowest BCUT2D eigenvalue weighted by Gasteiger charge is -2.02. The third kappa shape index (κ3) is 19.6. The molecule has 0 saturated carbocycles. The number of carbonyl (C=O) groups excluding carboxylic acids is 1. The normalized spacial score (nSPS) is 11.2. The molecule has 0 aromatic rings. The molecular weight excluding hydrogens is 352 g/mol. The molecule has 0 aromatic heterocycles. The second kappa shape index (κ2) is 19.7. The summed E-state index contributed by atoms with van der Waals surface area (Å²) < 4.78 is 5.02. The highest BCUT2D eigenvalue weighted by Gasteiger charge is 2.01. The van der Waals surface area contributed by atoms with Crippen LogP contribution in [0.4, 0.5) is 0 Å². The molecule has 0 unspecified atom stereocenters. The van der Waals surface area contributed by atoms with E-state index in [1.54, 1.807) is 0 Å². The summed E-state index contributed by atoms with van der Waals surface area (Å²) in [4.78, 5) is 11.3. The van der Waals surface area contributed by atoms with Crippen LogP contribution in [-0.2, 0) is 9.53 Å². The fourth-order valence-corrected chi connectivity index (χ4v) is 2.73. The molecule has 0 aliphatic heterocycles. The molecule has 0 amide bonds. The maximum Gasteiger partial charge on any atom is 0.305 e. The summed E-state index contributed by atoms with van der Waals surface area (Å²) in [5.41, 5.74) is 0. The molecule has 0 N–H and O–H groups in total. The van der Waals surface area contributed by atoms with E-state index >= 15 is 0 Å². The second-order valence-corrected chi connectivity index (χ2v) is 7.04. The van der Waals surface area contributed by atoms with Gasteiger partial charge in [0.05, 0.1) is 0 Å². The number of rotatable bonds is 17. The van der Waals surface area contributed by atoms with E-state index < -0.39 is 0 Å². The summed E-state index contributed by atoms with van der Waals surface area (Å²) in [6, 6.07) is 0. The van der Waals surface area contributed by atoms with Gasteiger partial charge in [-0.15, -0.1) is 0 Å². The van der Waals surface area contributed by atoms with Crippen molar-refractivity contribution in [3.63, 3.8) is 0 Å². The molecule has 136 valence electrons. The maximum absolute atomic E-state index is 11.3. The quantitative estimate of drug-likeness (QED) is 0.116. The van der Waals surface area contributed by atoms with Gasteiger partial charge in [0.1, 0.15) is 6.61 Å². The van der Waals surface area contributed by atoms with Crippen LogP contribution in [0, 0.1) is 0 Å². The Kier molecular flexibility index (Phi) is 19.5. The number of carbonyl (C=O) groups is 1. The number of hydrogen-bond donors (Lipinski definition) is 0. The average Bonchev–Trinajstić information content (AvgIpc) is 2.56. The van der Waals surface area contributed by atoms with Crippen molar-refractivity contribution in [3.8, 4) is 0 Å². The van der Waals surface area contributed by atoms with E-state index in [-0.39, 0.29) is 5.97 Å². The summed E-state index contributed by atoms with van der Waals surface area (Å²) in [6.07, 6.45) is 21.9. The van der Waals surface area contributed by atoms with Crippen molar-refractivity contribution in [2.75, 3.05) is 11.9 Å². The molecule has 0 aliphatic rings. The van der Waals surface area contributed by atoms with Crippen LogP contribution >= 0.6 is 15.9 Å². The van der Waals surface area contributed by atoms with Gasteiger partial charge in [-0.1, -0.05) is 86.4 Å². The van der Waals surface area contributed by atoms with E-state index in [0.717, 1.165) is 18.2 Å². The van der Waals surface area contributed by atoms with Crippen LogP contribution < -0.4 is 0 Å². The lowest BCUT2D eigenvalue weighted by Crippen LogP contribution is -2.05. The molecular formula is C20H37BrO2. The maximum atomic E-state index is 11.3. The average molecular weight is 389 g/mol. The summed E-state index contributed by atoms with van der Waals surface area (Å²) >= 11 is 3.24. The Bertz CT molecular complexity index is 277. The van der Waals surface area contributed by atoms with Gasteiger partial charge in [0.25, 0.3) is 0 Å². The third-order valence-electron chi connectivity index (χ3n) is 3.98. The molecule has 0 radical (unpaired) electrons. The largest absolute Gasteiger partial charge is 0.465 e. The molecule has 0 heterocycles. The minimum absolute atomic E-state index is 0.0536. The monoisotopic (exact) mass is 388 g/mol. The van der Waals surface area contributed by atoms with Crippen molar-refractivity contribution in [2.45, 2.75) is 96.8 Å². The number of unbranched alkanes of at least 4 members (excludes halogenated alkanes) is 11. The molecule has 0 bridgehead atoms. The van der Waals surface area contributed by atoms with Crippen LogP contribution in [-0.4, -0.2) is 17.9 Å². The number of ether oxygens (including phenoxy) is 1. The van der Waals surface area contributed by atoms with Gasteiger partial charge in [-0.3, -0.25) is 4.79 Å². The minimum Gasteiger partial charge on any atom is -0.465 e. The number of hydrogen-bond acceptors (Lipinski definition) is 2. The van der Waals surface area contributed by atoms with E-state index in [1.165, 1.54) is 70.6 Å². The molecule has 0 aromatic carbocycles. The molecule has 0 aliphatic carbocycles. The van der Waals surface area contributed by atoms with Crippen LogP contribution in [0.25, 0.3) is 0 Å². The number of esters is 1. The SMILES string of the molecule is CCCCCCCCC=CCCCCCCCC(=O)OCCBr. The van der Waals surface area contributed by atoms with Crippen LogP contribution in [0.1, 0.15) is 96.8 Å². The number of alkyl halides is 1. The molecule has 3 heteroatoms. The van der Waals surface area contributed by atoms with E-state index in [2.05, 4.69) is 35.0 Å². The van der Waals surface area contributed by atoms with Gasteiger partial charge in [0, 0.05) is 11.8 Å². The van der Waals surface area contributed by atoms with E-state index in [1.807, 2.05) is 0 Å². The number of allylic oxidation sites excluding steroid dienone is 2. The zero-order chi connectivity index (χ0) is 17.0. The van der Waals surface area contributed by atoms with Gasteiger partial charge in [-0.25, -0.2) is 0 Å². The summed E-state index contributed by atoms with van der Waals surface area (Å²) in [5.74, 6) is -0.0536. The second-order valence-electron chi connectivity index (χ2n) is 6.24. The van der Waals surface area contributed by atoms with E-state index in [4.69, 9.17) is 4.74 Å². The predicted molar refractivity (Wildman–Crippen MR) is 104 cm³/mol. The standard InChI is InChI=1S/C20H37BrO2/c1-2-3-4-5-6-7-8-9-10-11-12-13-14-15-16-17-20(22)23-19-18-21/h9-10H,2-8,11-19H2,1H3. The first kappa shape index (κ1) is 22.7. The Hall–Kier alpha value is -0.310. The lowest BCUT2D eigenvalue weighted by molar-refractivity contribution is -0.143. The molecule has 0 fully saturated rings. The fraction of sp³-hybridized carbons (Fsp3) is 0.850. The minimum atomic E-state index is -0.0536. The van der Waals surface area contributed by atoms with Gasteiger partial charge in [-0.2, -0.15) is 0 Å². The summed E-state index contributed by atoms with van der Waals surface area (Å²) in [7, 11) is 0. The predicted octanol–water partition coefficient (Wildman–Crippen LogP) is 6.96. The van der Waals surface area contributed by atoms with Crippen molar-refractivity contribution < 1.29 is 9.53 Å². The Morgan fingerprint density at radius 1 is 0.826 bits per heavy atom. The summed E-state index contributed by atoms with van der Waals surface area (Å²) in [5, 5.41) is 0.727. The Balaban J connectivity index is 3.14. The first-order chi connectivity index (χ1) is 11.3. The molecule has 0 rings (SSSR count). The van der Waals surface area contributed by atoms with Gasteiger partial charge in [0.2, 0.25) is 0 Å². The van der Waals surface area contributed by atoms with Gasteiger partial charge in [-0.05, 0) is 32.1 Å². The Labute approximate surface area is 152 Å². The zero-order valence-electron chi connectivity index (χ0n) is 15.2. The van der Waals surface area contributed by atoms with E-state index in [0.29, 0.717) is 13.0 Å². The van der Waals surface area contributed by atoms with Crippen molar-refractivity contribution in [3.05, 3.63) is 12.2 Å². The molecule has 2 nitrogen and oxygen atoms in total. The van der Waals surface area contributed by atoms with Crippen molar-refractivity contribution in [2.24, 2.45) is 0 Å². The molecule has 23 heavy (non-hydrogen) atoms. The highest BCUT2D eigenvalue weighted by molar-refractivity contribution is 9.09. The van der Waals surface area contributed by atoms with Crippen LogP contribution in [0.2, 0.25) is 0 Å². The smallest absolute Gasteiger partial charge is 0.305 e. The van der Waals surface area contributed by atoms with Crippen LogP contribution in [0.3, 0.4) is 0 Å². The van der Waals surface area contributed by atoms with Gasteiger partial charge in [0.15, 0.2) is 0 Å². The number of halogens is 1. The fourth-order valence-electron chi connectivity index (χ4n) is 2.56.